The fourth-order valence-electron chi connectivity index (χ4n) is 2.55. The van der Waals surface area contributed by atoms with Crippen LogP contribution in [0.15, 0.2) is 66.1 Å². The Bertz CT molecular complexity index is 951. The Morgan fingerprint density at radius 2 is 1.93 bits per heavy atom. The first-order chi connectivity index (χ1) is 13.1. The van der Waals surface area contributed by atoms with Gasteiger partial charge in [-0.05, 0) is 48.9 Å². The van der Waals surface area contributed by atoms with E-state index in [1.807, 2.05) is 35.9 Å². The summed E-state index contributed by atoms with van der Waals surface area (Å²) in [6, 6.07) is 14.9. The Balaban J connectivity index is 1.60. The minimum Gasteiger partial charge on any atom is -0.355 e. The molecular formula is C20H20N4O2S. The number of amides is 2. The van der Waals surface area contributed by atoms with Crippen molar-refractivity contribution in [1.29, 1.82) is 0 Å². The predicted octanol–water partition coefficient (Wildman–Crippen LogP) is 3.27. The molecule has 0 saturated heterocycles. The number of anilines is 1. The number of benzene rings is 2. The number of rotatable bonds is 6. The molecule has 3 rings (SSSR count). The maximum Gasteiger partial charge on any atom is 0.251 e. The molecular weight excluding hydrogens is 360 g/mol. The number of hydrogen-bond donors (Lipinski definition) is 2. The molecule has 138 valence electrons. The van der Waals surface area contributed by atoms with E-state index in [2.05, 4.69) is 21.7 Å². The van der Waals surface area contributed by atoms with Crippen LogP contribution in [0, 0.1) is 6.92 Å². The highest BCUT2D eigenvalue weighted by Gasteiger charge is 2.10. The molecule has 0 saturated carbocycles. The van der Waals surface area contributed by atoms with Gasteiger partial charge in [-0.1, -0.05) is 23.9 Å². The normalized spacial score (nSPS) is 10.4. The van der Waals surface area contributed by atoms with Crippen LogP contribution in [0.2, 0.25) is 0 Å². The predicted molar refractivity (Wildman–Crippen MR) is 107 cm³/mol. The second-order valence-electron chi connectivity index (χ2n) is 5.91. The van der Waals surface area contributed by atoms with E-state index in [0.29, 0.717) is 11.3 Å². The number of aryl methyl sites for hydroxylation is 1. The minimum atomic E-state index is -0.161. The number of nitrogens with one attached hydrogen (secondary N) is 2. The van der Waals surface area contributed by atoms with Gasteiger partial charge in [-0.3, -0.25) is 14.2 Å². The molecule has 0 aliphatic carbocycles. The molecule has 0 aliphatic heterocycles. The van der Waals surface area contributed by atoms with Crippen molar-refractivity contribution in [2.75, 3.05) is 18.1 Å². The van der Waals surface area contributed by atoms with E-state index in [-0.39, 0.29) is 17.6 Å². The first kappa shape index (κ1) is 18.7. The van der Waals surface area contributed by atoms with Crippen molar-refractivity contribution in [2.24, 2.45) is 0 Å². The molecule has 2 aromatic carbocycles. The molecule has 2 amide bonds. The monoisotopic (exact) mass is 380 g/mol. The Hall–Kier alpha value is -3.06. The molecule has 0 atom stereocenters. The van der Waals surface area contributed by atoms with E-state index in [9.17, 15) is 9.59 Å². The van der Waals surface area contributed by atoms with E-state index >= 15 is 0 Å². The number of carbonyl (C=O) groups is 2. The second kappa shape index (κ2) is 8.55. The van der Waals surface area contributed by atoms with Crippen LogP contribution in [-0.2, 0) is 4.79 Å². The van der Waals surface area contributed by atoms with Gasteiger partial charge < -0.3 is 10.6 Å². The number of hydrogen-bond acceptors (Lipinski definition) is 4. The standard InChI is InChI=1S/C20H20N4O2S/c1-14-4-3-5-17(12-14)24-11-10-22-20(24)27-13-18(25)23-16-8-6-15(7-9-16)19(26)21-2/h3-12H,13H2,1-2H3,(H,21,26)(H,23,25). The number of thioether (sulfide) groups is 1. The van der Waals surface area contributed by atoms with Crippen molar-refractivity contribution in [3.8, 4) is 5.69 Å². The Morgan fingerprint density at radius 1 is 1.15 bits per heavy atom. The quantitative estimate of drug-likeness (QED) is 0.644. The smallest absolute Gasteiger partial charge is 0.251 e. The highest BCUT2D eigenvalue weighted by Crippen LogP contribution is 2.21. The van der Waals surface area contributed by atoms with E-state index in [1.54, 1.807) is 37.5 Å². The molecule has 0 radical (unpaired) electrons. The molecule has 0 unspecified atom stereocenters. The van der Waals surface area contributed by atoms with E-state index in [4.69, 9.17) is 0 Å². The summed E-state index contributed by atoms with van der Waals surface area (Å²) in [7, 11) is 1.58. The van der Waals surface area contributed by atoms with Crippen LogP contribution in [0.25, 0.3) is 5.69 Å². The van der Waals surface area contributed by atoms with E-state index < -0.39 is 0 Å². The molecule has 27 heavy (non-hydrogen) atoms. The number of nitrogens with zero attached hydrogens (tertiary/aromatic N) is 2. The topological polar surface area (TPSA) is 76.0 Å². The third-order valence-electron chi connectivity index (χ3n) is 3.88. The van der Waals surface area contributed by atoms with Crippen molar-refractivity contribution >= 4 is 29.3 Å². The van der Waals surface area contributed by atoms with Gasteiger partial charge in [-0.15, -0.1) is 0 Å². The van der Waals surface area contributed by atoms with Gasteiger partial charge in [0.15, 0.2) is 5.16 Å². The van der Waals surface area contributed by atoms with Crippen molar-refractivity contribution in [3.63, 3.8) is 0 Å². The van der Waals surface area contributed by atoms with Gasteiger partial charge in [0.1, 0.15) is 0 Å². The number of carbonyl (C=O) groups excluding carboxylic acids is 2. The van der Waals surface area contributed by atoms with Gasteiger partial charge in [-0.25, -0.2) is 4.98 Å². The van der Waals surface area contributed by atoms with Gasteiger partial charge in [-0.2, -0.15) is 0 Å². The molecule has 7 heteroatoms. The summed E-state index contributed by atoms with van der Waals surface area (Å²) >= 11 is 1.37. The van der Waals surface area contributed by atoms with Crippen LogP contribution in [0.3, 0.4) is 0 Å². The van der Waals surface area contributed by atoms with Gasteiger partial charge in [0.2, 0.25) is 5.91 Å². The van der Waals surface area contributed by atoms with Crippen molar-refractivity contribution < 1.29 is 9.59 Å². The summed E-state index contributed by atoms with van der Waals surface area (Å²) in [6.07, 6.45) is 3.60. The third kappa shape index (κ3) is 4.77. The summed E-state index contributed by atoms with van der Waals surface area (Å²) in [5, 5.41) is 6.14. The molecule has 1 heterocycles. The number of aromatic nitrogens is 2. The van der Waals surface area contributed by atoms with Crippen LogP contribution in [0.1, 0.15) is 15.9 Å². The third-order valence-corrected chi connectivity index (χ3v) is 4.84. The molecule has 0 spiro atoms. The van der Waals surface area contributed by atoms with Crippen molar-refractivity contribution in [2.45, 2.75) is 12.1 Å². The summed E-state index contributed by atoms with van der Waals surface area (Å²) in [4.78, 5) is 28.1. The van der Waals surface area contributed by atoms with Crippen molar-refractivity contribution in [3.05, 3.63) is 72.1 Å². The maximum atomic E-state index is 12.2. The Kier molecular flexibility index (Phi) is 5.93. The van der Waals surface area contributed by atoms with Crippen LogP contribution >= 0.6 is 11.8 Å². The van der Waals surface area contributed by atoms with E-state index in [1.165, 1.54) is 11.8 Å². The lowest BCUT2D eigenvalue weighted by atomic mass is 10.2. The number of imidazole rings is 1. The Morgan fingerprint density at radius 3 is 2.63 bits per heavy atom. The lowest BCUT2D eigenvalue weighted by Crippen LogP contribution is -2.18. The van der Waals surface area contributed by atoms with Crippen LogP contribution < -0.4 is 10.6 Å². The van der Waals surface area contributed by atoms with Gasteiger partial charge >= 0.3 is 0 Å². The van der Waals surface area contributed by atoms with Gasteiger partial charge in [0.25, 0.3) is 5.91 Å². The fraction of sp³-hybridized carbons (Fsp3) is 0.150. The minimum absolute atomic E-state index is 0.133. The summed E-state index contributed by atoms with van der Waals surface area (Å²) in [6.45, 7) is 2.04. The summed E-state index contributed by atoms with van der Waals surface area (Å²) in [5.41, 5.74) is 3.37. The summed E-state index contributed by atoms with van der Waals surface area (Å²) < 4.78 is 1.96. The van der Waals surface area contributed by atoms with Crippen LogP contribution in [0.5, 0.6) is 0 Å². The fourth-order valence-corrected chi connectivity index (χ4v) is 3.32. The van der Waals surface area contributed by atoms with Crippen molar-refractivity contribution in [1.82, 2.24) is 14.9 Å². The largest absolute Gasteiger partial charge is 0.355 e. The SMILES string of the molecule is CNC(=O)c1ccc(NC(=O)CSc2nccn2-c2cccc(C)c2)cc1. The van der Waals surface area contributed by atoms with Crippen LogP contribution in [-0.4, -0.2) is 34.2 Å². The molecule has 2 N–H and O–H groups in total. The molecule has 0 bridgehead atoms. The average molecular weight is 380 g/mol. The first-order valence-electron chi connectivity index (χ1n) is 8.42. The lowest BCUT2D eigenvalue weighted by Gasteiger charge is -2.09. The van der Waals surface area contributed by atoms with Gasteiger partial charge in [0, 0.05) is 36.4 Å². The highest BCUT2D eigenvalue weighted by atomic mass is 32.2. The average Bonchev–Trinajstić information content (AvgIpc) is 3.15. The van der Waals surface area contributed by atoms with Gasteiger partial charge in [0.05, 0.1) is 5.75 Å². The molecule has 6 nitrogen and oxygen atoms in total. The zero-order chi connectivity index (χ0) is 19.2. The molecule has 3 aromatic rings. The second-order valence-corrected chi connectivity index (χ2v) is 6.85. The van der Waals surface area contributed by atoms with E-state index in [0.717, 1.165) is 16.4 Å². The maximum absolute atomic E-state index is 12.2. The molecule has 1 aromatic heterocycles. The zero-order valence-electron chi connectivity index (χ0n) is 15.1. The lowest BCUT2D eigenvalue weighted by molar-refractivity contribution is -0.113. The molecule has 0 fully saturated rings. The van der Waals surface area contributed by atoms with Crippen LogP contribution in [0.4, 0.5) is 5.69 Å². The molecule has 0 aliphatic rings. The highest BCUT2D eigenvalue weighted by molar-refractivity contribution is 7.99. The first-order valence-corrected chi connectivity index (χ1v) is 9.40. The zero-order valence-corrected chi connectivity index (χ0v) is 15.9. The Labute approximate surface area is 162 Å². The summed E-state index contributed by atoms with van der Waals surface area (Å²) in [5.74, 6) is -0.0575.